The smallest absolute Gasteiger partial charge is 0.341 e. The molecule has 0 saturated carbocycles. The van der Waals surface area contributed by atoms with Crippen molar-refractivity contribution in [3.05, 3.63) is 63.6 Å². The average molecular weight is 459 g/mol. The van der Waals surface area contributed by atoms with E-state index < -0.39 is 30.4 Å². The lowest BCUT2D eigenvalue weighted by atomic mass is 10.1. The molecule has 2 aromatic carbocycles. The first kappa shape index (κ1) is 20.3. The molecule has 0 bridgehead atoms. The fourth-order valence-electron chi connectivity index (χ4n) is 2.64. The van der Waals surface area contributed by atoms with Gasteiger partial charge in [0.25, 0.3) is 11.8 Å². The molecule has 9 heteroatoms. The molecule has 0 radical (unpaired) electrons. The first-order valence-electron chi connectivity index (χ1n) is 8.38. The summed E-state index contributed by atoms with van der Waals surface area (Å²) < 4.78 is 5.85. The lowest BCUT2D eigenvalue weighted by Crippen LogP contribution is -2.54. The second-order valence-electron chi connectivity index (χ2n) is 6.16. The van der Waals surface area contributed by atoms with Crippen molar-refractivity contribution in [2.45, 2.75) is 6.92 Å². The number of anilines is 1. The van der Waals surface area contributed by atoms with Gasteiger partial charge in [-0.25, -0.2) is 14.5 Å². The zero-order valence-corrected chi connectivity index (χ0v) is 16.7. The van der Waals surface area contributed by atoms with Crippen molar-refractivity contribution < 1.29 is 29.0 Å². The predicted molar refractivity (Wildman–Crippen MR) is 107 cm³/mol. The van der Waals surface area contributed by atoms with E-state index >= 15 is 0 Å². The summed E-state index contributed by atoms with van der Waals surface area (Å²) in [6.07, 6.45) is 1.26. The molecular formula is C20H15BrN2O6. The molecule has 0 aliphatic carbocycles. The van der Waals surface area contributed by atoms with Gasteiger partial charge < -0.3 is 9.84 Å². The molecule has 1 saturated heterocycles. The quantitative estimate of drug-likeness (QED) is 0.525. The van der Waals surface area contributed by atoms with E-state index in [4.69, 9.17) is 9.84 Å². The lowest BCUT2D eigenvalue weighted by molar-refractivity contribution is -0.139. The minimum atomic E-state index is -1.17. The minimum Gasteiger partial charge on any atom is -0.481 e. The highest BCUT2D eigenvalue weighted by atomic mass is 79.9. The van der Waals surface area contributed by atoms with E-state index in [2.05, 4.69) is 21.2 Å². The molecule has 3 rings (SSSR count). The van der Waals surface area contributed by atoms with Gasteiger partial charge in [0.05, 0.1) is 5.69 Å². The number of aryl methyl sites for hydroxylation is 1. The van der Waals surface area contributed by atoms with Crippen LogP contribution in [0, 0.1) is 6.92 Å². The minimum absolute atomic E-state index is 0.169. The van der Waals surface area contributed by atoms with E-state index in [0.717, 1.165) is 10.5 Å². The standard InChI is InChI=1S/C20H15BrN2O6/c1-11-2-5-14(6-3-11)23-19(27)15(18(26)22-20(23)28)9-12-8-13(21)4-7-16(12)29-10-17(24)25/h2-9H,10H2,1H3,(H,24,25)(H,22,26,28)/b15-9+. The maximum atomic E-state index is 12.9. The van der Waals surface area contributed by atoms with Gasteiger partial charge in [0.2, 0.25) is 0 Å². The zero-order valence-electron chi connectivity index (χ0n) is 15.1. The number of hydrogen-bond donors (Lipinski definition) is 2. The summed E-state index contributed by atoms with van der Waals surface area (Å²) in [4.78, 5) is 49.1. The largest absolute Gasteiger partial charge is 0.481 e. The Kier molecular flexibility index (Phi) is 5.79. The second-order valence-corrected chi connectivity index (χ2v) is 7.07. The Balaban J connectivity index is 2.01. The highest BCUT2D eigenvalue weighted by Crippen LogP contribution is 2.28. The van der Waals surface area contributed by atoms with Gasteiger partial charge in [-0.05, 0) is 43.3 Å². The Bertz CT molecular complexity index is 1050. The molecule has 29 heavy (non-hydrogen) atoms. The topological polar surface area (TPSA) is 113 Å². The van der Waals surface area contributed by atoms with Crippen molar-refractivity contribution in [3.63, 3.8) is 0 Å². The third-order valence-corrected chi connectivity index (χ3v) is 4.51. The maximum Gasteiger partial charge on any atom is 0.341 e. The van der Waals surface area contributed by atoms with Crippen molar-refractivity contribution in [1.29, 1.82) is 0 Å². The average Bonchev–Trinajstić information content (AvgIpc) is 2.65. The van der Waals surface area contributed by atoms with E-state index in [1.807, 2.05) is 6.92 Å². The second kappa shape index (κ2) is 8.27. The van der Waals surface area contributed by atoms with E-state index in [1.165, 1.54) is 12.1 Å². The van der Waals surface area contributed by atoms with E-state index in [0.29, 0.717) is 15.7 Å². The number of barbiturate groups is 1. The third kappa shape index (κ3) is 4.52. The van der Waals surface area contributed by atoms with Crippen molar-refractivity contribution in [2.24, 2.45) is 0 Å². The number of rotatable bonds is 5. The number of halogens is 1. The Labute approximate surface area is 173 Å². The van der Waals surface area contributed by atoms with Crippen LogP contribution >= 0.6 is 15.9 Å². The fourth-order valence-corrected chi connectivity index (χ4v) is 3.02. The summed E-state index contributed by atoms with van der Waals surface area (Å²) in [6.45, 7) is 1.27. The van der Waals surface area contributed by atoms with Crippen LogP contribution in [-0.4, -0.2) is 35.5 Å². The Morgan fingerprint density at radius 1 is 1.17 bits per heavy atom. The molecule has 0 spiro atoms. The van der Waals surface area contributed by atoms with Crippen LogP contribution in [0.25, 0.3) is 6.08 Å². The van der Waals surface area contributed by atoms with Crippen LogP contribution in [-0.2, 0) is 14.4 Å². The summed E-state index contributed by atoms with van der Waals surface area (Å²) in [5.74, 6) is -2.66. The van der Waals surface area contributed by atoms with Gasteiger partial charge in [-0.1, -0.05) is 33.6 Å². The number of hydrogen-bond acceptors (Lipinski definition) is 5. The molecule has 148 valence electrons. The van der Waals surface area contributed by atoms with E-state index in [9.17, 15) is 19.2 Å². The molecule has 0 unspecified atom stereocenters. The molecule has 1 aliphatic heterocycles. The van der Waals surface area contributed by atoms with Crippen LogP contribution < -0.4 is 15.0 Å². The SMILES string of the molecule is Cc1ccc(N2C(=O)NC(=O)/C(=C\c3cc(Br)ccc3OCC(=O)O)C2=O)cc1. The lowest BCUT2D eigenvalue weighted by Gasteiger charge is -2.26. The van der Waals surface area contributed by atoms with Crippen molar-refractivity contribution >= 4 is 51.5 Å². The van der Waals surface area contributed by atoms with E-state index in [-0.39, 0.29) is 11.3 Å². The predicted octanol–water partition coefficient (Wildman–Crippen LogP) is 2.89. The van der Waals surface area contributed by atoms with Crippen LogP contribution in [0.5, 0.6) is 5.75 Å². The van der Waals surface area contributed by atoms with Crippen LogP contribution in [0.15, 0.2) is 52.5 Å². The molecule has 1 heterocycles. The van der Waals surface area contributed by atoms with Crippen LogP contribution in [0.4, 0.5) is 10.5 Å². The number of benzene rings is 2. The zero-order chi connectivity index (χ0) is 21.1. The van der Waals surface area contributed by atoms with Gasteiger partial charge in [0.1, 0.15) is 11.3 Å². The summed E-state index contributed by atoms with van der Waals surface area (Å²) in [6, 6.07) is 10.5. The number of aliphatic carboxylic acids is 1. The molecule has 1 fully saturated rings. The van der Waals surface area contributed by atoms with Gasteiger partial charge >= 0.3 is 12.0 Å². The molecule has 1 aliphatic rings. The molecule has 0 atom stereocenters. The van der Waals surface area contributed by atoms with Crippen molar-refractivity contribution in [3.8, 4) is 5.75 Å². The van der Waals surface area contributed by atoms with Crippen LogP contribution in [0.2, 0.25) is 0 Å². The molecule has 0 aromatic heterocycles. The monoisotopic (exact) mass is 458 g/mol. The number of ether oxygens (including phenoxy) is 1. The number of amides is 4. The van der Waals surface area contributed by atoms with Gasteiger partial charge in [0, 0.05) is 10.0 Å². The van der Waals surface area contributed by atoms with Gasteiger partial charge in [0.15, 0.2) is 6.61 Å². The summed E-state index contributed by atoms with van der Waals surface area (Å²) in [7, 11) is 0. The first-order chi connectivity index (χ1) is 13.8. The Morgan fingerprint density at radius 3 is 2.52 bits per heavy atom. The number of carbonyl (C=O) groups is 4. The number of nitrogens with one attached hydrogen (secondary N) is 1. The normalized spacial score (nSPS) is 15.4. The Hall–Kier alpha value is -3.46. The van der Waals surface area contributed by atoms with Crippen molar-refractivity contribution in [1.82, 2.24) is 5.32 Å². The third-order valence-electron chi connectivity index (χ3n) is 4.02. The van der Waals surface area contributed by atoms with Crippen LogP contribution in [0.3, 0.4) is 0 Å². The number of carboxylic acids is 1. The number of carbonyl (C=O) groups excluding carboxylic acids is 3. The molecule has 2 aromatic rings. The molecular weight excluding hydrogens is 444 g/mol. The van der Waals surface area contributed by atoms with Gasteiger partial charge in [-0.3, -0.25) is 14.9 Å². The fraction of sp³-hybridized carbons (Fsp3) is 0.100. The number of carboxylic acid groups (broad SMARTS) is 1. The Morgan fingerprint density at radius 2 is 1.86 bits per heavy atom. The van der Waals surface area contributed by atoms with E-state index in [1.54, 1.807) is 36.4 Å². The molecule has 4 amide bonds. The number of imide groups is 2. The van der Waals surface area contributed by atoms with Crippen LogP contribution in [0.1, 0.15) is 11.1 Å². The number of urea groups is 1. The number of nitrogens with zero attached hydrogens (tertiary/aromatic N) is 1. The van der Waals surface area contributed by atoms with Gasteiger partial charge in [-0.2, -0.15) is 0 Å². The first-order valence-corrected chi connectivity index (χ1v) is 9.18. The molecule has 8 nitrogen and oxygen atoms in total. The highest BCUT2D eigenvalue weighted by Gasteiger charge is 2.36. The summed E-state index contributed by atoms with van der Waals surface area (Å²) in [5.41, 5.74) is 1.27. The summed E-state index contributed by atoms with van der Waals surface area (Å²) in [5, 5.41) is 11.0. The molecule has 2 N–H and O–H groups in total. The highest BCUT2D eigenvalue weighted by molar-refractivity contribution is 9.10. The summed E-state index contributed by atoms with van der Waals surface area (Å²) >= 11 is 3.29. The van der Waals surface area contributed by atoms with Gasteiger partial charge in [-0.15, -0.1) is 0 Å². The van der Waals surface area contributed by atoms with Crippen molar-refractivity contribution in [2.75, 3.05) is 11.5 Å². The maximum absolute atomic E-state index is 12.9.